The SMILES string of the molecule is C#Cc1c(F)ccc2cc(O)cc(-c3ncc4c(N5CCN(C(=O)C(=C)C(C)Oc6ccc7nc8c(c(CC)c7c6)Cn6c-8cc7c(c6=O)COC(=O)C7O)CC5)nc(OCC56CCCN5CC(F)C6)nc4c3F)c12. The molecular weight excluding hydrogens is 970 g/mol. The molecule has 9 heterocycles. The zero-order chi connectivity index (χ0) is 52.2. The number of amides is 1. The van der Waals surface area contributed by atoms with Crippen molar-refractivity contribution < 1.29 is 47.2 Å². The van der Waals surface area contributed by atoms with Gasteiger partial charge in [-0.2, -0.15) is 9.97 Å². The molecule has 0 aliphatic carbocycles. The number of carbonyl (C=O) groups excluding carboxylic acids is 2. The van der Waals surface area contributed by atoms with E-state index in [1.807, 2.05) is 24.0 Å². The Bertz CT molecular complexity index is 3740. The molecule has 0 radical (unpaired) electrons. The Morgan fingerprint density at radius 3 is 2.63 bits per heavy atom. The standard InChI is InChI=1S/C56H49F3N8O8/c1-5-34-36-20-33(9-11-43(36)61-47-40(34)25-67-44(47)21-37-41(53(67)71)26-73-54(72)50(37)69)75-29(4)28(3)52(70)65-16-14-64(15-17-65)51-39-23-60-48(38-19-32(68)18-30-8-10-42(58)35(6-2)45(30)38)46(59)49(39)62-55(63-51)74-27-56-12-7-13-66(56)24-31(57)22-56/h2,8-11,18-21,23,29,31,50,68-69H,3,5,7,12-17,22,24-27H2,1,4H3. The number of aromatic nitrogens is 5. The molecule has 2 N–H and O–H groups in total. The van der Waals surface area contributed by atoms with Crippen molar-refractivity contribution in [3.63, 3.8) is 0 Å². The van der Waals surface area contributed by atoms with Gasteiger partial charge in [0.2, 0.25) is 0 Å². The third-order valence-corrected chi connectivity index (χ3v) is 15.7. The molecule has 5 aliphatic heterocycles. The third kappa shape index (κ3) is 7.79. The summed E-state index contributed by atoms with van der Waals surface area (Å²) in [6.07, 6.45) is 6.34. The maximum atomic E-state index is 17.3. The lowest BCUT2D eigenvalue weighted by Gasteiger charge is -2.36. The summed E-state index contributed by atoms with van der Waals surface area (Å²) in [5, 5.41) is 22.9. The predicted molar refractivity (Wildman–Crippen MR) is 271 cm³/mol. The average Bonchev–Trinajstić information content (AvgIpc) is 4.09. The second-order valence-electron chi connectivity index (χ2n) is 19.9. The first-order chi connectivity index (χ1) is 36.1. The number of cyclic esters (lactones) is 1. The molecular formula is C56H49F3N8O8. The number of terminal acetylenes is 1. The molecule has 4 unspecified atom stereocenters. The molecule has 75 heavy (non-hydrogen) atoms. The van der Waals surface area contributed by atoms with Crippen LogP contribution in [0.15, 0.2) is 71.7 Å². The Morgan fingerprint density at radius 2 is 1.84 bits per heavy atom. The fraction of sp³-hybridized carbons (Fsp3) is 0.339. The van der Waals surface area contributed by atoms with Crippen LogP contribution in [-0.2, 0) is 33.9 Å². The number of aliphatic hydroxyl groups is 1. The van der Waals surface area contributed by atoms with Gasteiger partial charge in [0.1, 0.15) is 59.8 Å². The molecule has 7 aromatic rings. The lowest BCUT2D eigenvalue weighted by atomic mass is 9.95. The van der Waals surface area contributed by atoms with Crippen LogP contribution in [0.1, 0.15) is 67.0 Å². The Kier molecular flexibility index (Phi) is 11.6. The van der Waals surface area contributed by atoms with Gasteiger partial charge in [-0.25, -0.2) is 22.9 Å². The molecule has 0 spiro atoms. The number of anilines is 1. The number of phenolic OH excluding ortho intramolecular Hbond substituents is 1. The van der Waals surface area contributed by atoms with E-state index in [-0.39, 0.29) is 119 Å². The molecule has 5 aliphatic rings. The van der Waals surface area contributed by atoms with E-state index in [1.165, 1.54) is 30.5 Å². The Balaban J connectivity index is 0.795. The van der Waals surface area contributed by atoms with Gasteiger partial charge < -0.3 is 38.8 Å². The maximum Gasteiger partial charge on any atom is 0.340 e. The molecule has 12 rings (SSSR count). The summed E-state index contributed by atoms with van der Waals surface area (Å²) in [7, 11) is 0. The highest BCUT2D eigenvalue weighted by Crippen LogP contribution is 2.43. The number of benzene rings is 3. The maximum absolute atomic E-state index is 17.3. The number of alkyl halides is 1. The van der Waals surface area contributed by atoms with Crippen LogP contribution in [0.3, 0.4) is 0 Å². The fourth-order valence-corrected chi connectivity index (χ4v) is 11.9. The molecule has 3 aromatic carbocycles. The van der Waals surface area contributed by atoms with Crippen LogP contribution >= 0.6 is 0 Å². The number of halogens is 3. The first-order valence-corrected chi connectivity index (χ1v) is 24.9. The lowest BCUT2D eigenvalue weighted by molar-refractivity contribution is -0.157. The Hall–Kier alpha value is -8.08. The first kappa shape index (κ1) is 47.9. The van der Waals surface area contributed by atoms with Crippen molar-refractivity contribution >= 4 is 50.3 Å². The summed E-state index contributed by atoms with van der Waals surface area (Å²) in [6, 6.07) is 12.2. The van der Waals surface area contributed by atoms with Gasteiger partial charge >= 0.3 is 12.0 Å². The van der Waals surface area contributed by atoms with Crippen molar-refractivity contribution in [1.82, 2.24) is 34.3 Å². The van der Waals surface area contributed by atoms with Gasteiger partial charge in [-0.1, -0.05) is 25.5 Å². The smallest absolute Gasteiger partial charge is 0.340 e. The number of hydrogen-bond donors (Lipinski definition) is 2. The van der Waals surface area contributed by atoms with E-state index >= 15 is 8.78 Å². The van der Waals surface area contributed by atoms with Crippen molar-refractivity contribution in [2.75, 3.05) is 50.8 Å². The topological polar surface area (TPSA) is 186 Å². The molecule has 0 saturated carbocycles. The van der Waals surface area contributed by atoms with Crippen molar-refractivity contribution in [3.05, 3.63) is 117 Å². The largest absolute Gasteiger partial charge is 0.508 e. The molecule has 19 heteroatoms. The second kappa shape index (κ2) is 18.1. The number of aliphatic hydroxyl groups excluding tert-OH is 1. The molecule has 16 nitrogen and oxygen atoms in total. The van der Waals surface area contributed by atoms with Crippen LogP contribution in [0.5, 0.6) is 17.5 Å². The minimum Gasteiger partial charge on any atom is -0.508 e. The number of phenols is 1. The number of rotatable bonds is 10. The monoisotopic (exact) mass is 1020 g/mol. The van der Waals surface area contributed by atoms with Gasteiger partial charge in [-0.05, 0) is 86.1 Å². The predicted octanol–water partition coefficient (Wildman–Crippen LogP) is 6.83. The molecule has 0 bridgehead atoms. The van der Waals surface area contributed by atoms with Crippen molar-refractivity contribution in [2.45, 2.75) is 76.6 Å². The zero-order valence-corrected chi connectivity index (χ0v) is 41.0. The number of aromatic hydroxyl groups is 1. The normalized spacial score (nSPS) is 20.4. The lowest BCUT2D eigenvalue weighted by Crippen LogP contribution is -2.50. The summed E-state index contributed by atoms with van der Waals surface area (Å²) in [6.45, 7) is 10.0. The minimum atomic E-state index is -1.56. The number of piperazine rings is 1. The summed E-state index contributed by atoms with van der Waals surface area (Å²) in [4.78, 5) is 64.4. The highest BCUT2D eigenvalue weighted by molar-refractivity contribution is 6.03. The van der Waals surface area contributed by atoms with Gasteiger partial charge in [0.25, 0.3) is 11.5 Å². The molecule has 1 amide bonds. The molecule has 3 fully saturated rings. The molecule has 382 valence electrons. The van der Waals surface area contributed by atoms with Crippen LogP contribution in [0.2, 0.25) is 0 Å². The van der Waals surface area contributed by atoms with Gasteiger partial charge in [-0.3, -0.25) is 19.5 Å². The number of pyridine rings is 3. The number of fused-ring (bicyclic) bond motifs is 8. The zero-order valence-electron chi connectivity index (χ0n) is 41.0. The quantitative estimate of drug-likeness (QED) is 0.0825. The highest BCUT2D eigenvalue weighted by atomic mass is 19.1. The van der Waals surface area contributed by atoms with Crippen LogP contribution < -0.4 is 19.9 Å². The molecule has 4 aromatic heterocycles. The van der Waals surface area contributed by atoms with Crippen molar-refractivity contribution in [2.24, 2.45) is 0 Å². The number of ether oxygens (including phenoxy) is 3. The fourth-order valence-electron chi connectivity index (χ4n) is 11.9. The van der Waals surface area contributed by atoms with Crippen LogP contribution in [0, 0.1) is 24.0 Å². The average molecular weight is 1020 g/mol. The van der Waals surface area contributed by atoms with E-state index in [1.54, 1.807) is 28.5 Å². The number of aryl methyl sites for hydroxylation is 1. The highest BCUT2D eigenvalue weighted by Gasteiger charge is 2.49. The van der Waals surface area contributed by atoms with E-state index in [4.69, 9.17) is 30.6 Å². The summed E-state index contributed by atoms with van der Waals surface area (Å²) in [5.41, 5.74) is 2.88. The van der Waals surface area contributed by atoms with Crippen molar-refractivity contribution in [1.29, 1.82) is 0 Å². The van der Waals surface area contributed by atoms with E-state index in [0.717, 1.165) is 35.9 Å². The number of nitrogens with zero attached hydrogens (tertiary/aromatic N) is 8. The number of hydrogen-bond acceptors (Lipinski definition) is 14. The van der Waals surface area contributed by atoms with Crippen LogP contribution in [0.4, 0.5) is 19.0 Å². The Morgan fingerprint density at radius 1 is 1.03 bits per heavy atom. The van der Waals surface area contributed by atoms with Crippen LogP contribution in [-0.4, -0.2) is 120 Å². The third-order valence-electron chi connectivity index (χ3n) is 15.7. The molecule has 3 saturated heterocycles. The molecule has 4 atom stereocenters. The van der Waals surface area contributed by atoms with Crippen molar-refractivity contribution in [3.8, 4) is 52.5 Å². The van der Waals surface area contributed by atoms with E-state index in [9.17, 15) is 29.0 Å². The minimum absolute atomic E-state index is 0.0560. The van der Waals surface area contributed by atoms with E-state index in [2.05, 4.69) is 27.4 Å². The van der Waals surface area contributed by atoms with Gasteiger partial charge in [-0.15, -0.1) is 6.42 Å². The van der Waals surface area contributed by atoms with E-state index < -0.39 is 41.5 Å². The summed E-state index contributed by atoms with van der Waals surface area (Å²) in [5.74, 6) is 0.200. The van der Waals surface area contributed by atoms with Crippen LogP contribution in [0.25, 0.3) is 55.2 Å². The first-order valence-electron chi connectivity index (χ1n) is 24.9. The Labute approximate surface area is 427 Å². The van der Waals surface area contributed by atoms with E-state index in [0.29, 0.717) is 53.2 Å². The second-order valence-corrected chi connectivity index (χ2v) is 19.9. The van der Waals surface area contributed by atoms with Gasteiger partial charge in [0, 0.05) is 78.4 Å². The summed E-state index contributed by atoms with van der Waals surface area (Å²) >= 11 is 0. The van der Waals surface area contributed by atoms with Gasteiger partial charge in [0.15, 0.2) is 11.9 Å². The summed E-state index contributed by atoms with van der Waals surface area (Å²) < 4.78 is 66.5. The number of carbonyl (C=O) groups is 2. The van der Waals surface area contributed by atoms with Gasteiger partial charge in [0.05, 0.1) is 45.5 Å². The number of esters is 1.